The van der Waals surface area contributed by atoms with E-state index in [-0.39, 0.29) is 11.1 Å². The van der Waals surface area contributed by atoms with Crippen LogP contribution in [0.1, 0.15) is 30.9 Å². The first-order chi connectivity index (χ1) is 13.2. The highest BCUT2D eigenvalue weighted by molar-refractivity contribution is 8.18. The molecule has 140 valence electrons. The minimum Gasteiger partial charge on any atom is -0.494 e. The summed E-state index contributed by atoms with van der Waals surface area (Å²) in [5.41, 5.74) is 1.99. The number of amides is 2. The zero-order valence-electron chi connectivity index (χ0n) is 15.4. The molecule has 0 radical (unpaired) electrons. The van der Waals surface area contributed by atoms with Crippen molar-refractivity contribution in [3.8, 4) is 5.75 Å². The molecule has 0 aromatic heterocycles. The first-order valence-corrected chi connectivity index (χ1v) is 10.0. The number of nitrogens with zero attached hydrogens (tertiary/aromatic N) is 1. The molecular formula is C22H23NO3S. The van der Waals surface area contributed by atoms with Crippen LogP contribution in [0.4, 0.5) is 4.79 Å². The van der Waals surface area contributed by atoms with E-state index < -0.39 is 0 Å². The Balaban J connectivity index is 1.61. The Kier molecular flexibility index (Phi) is 6.71. The first-order valence-electron chi connectivity index (χ1n) is 9.19. The molecule has 0 N–H and O–H groups in total. The second kappa shape index (κ2) is 9.42. The Morgan fingerprint density at radius 2 is 1.78 bits per heavy atom. The van der Waals surface area contributed by atoms with E-state index >= 15 is 0 Å². The molecule has 1 saturated heterocycles. The lowest BCUT2D eigenvalue weighted by molar-refractivity contribution is -0.122. The van der Waals surface area contributed by atoms with E-state index in [0.29, 0.717) is 24.5 Å². The summed E-state index contributed by atoms with van der Waals surface area (Å²) in [6.07, 6.45) is 4.55. The van der Waals surface area contributed by atoms with Crippen molar-refractivity contribution < 1.29 is 14.3 Å². The van der Waals surface area contributed by atoms with Gasteiger partial charge in [0.05, 0.1) is 11.5 Å². The highest BCUT2D eigenvalue weighted by Crippen LogP contribution is 2.32. The minimum atomic E-state index is -0.218. The number of rotatable bonds is 8. The Hall–Kier alpha value is -2.53. The molecule has 2 aromatic carbocycles. The van der Waals surface area contributed by atoms with Crippen molar-refractivity contribution in [2.24, 2.45) is 0 Å². The molecule has 1 fully saturated rings. The standard InChI is InChI=1S/C22H23NO3S/c1-2-3-15-26-19-11-9-18(10-12-19)16-20-21(24)23(22(25)27-20)14-13-17-7-5-4-6-8-17/h4-12,16H,2-3,13-15H2,1H3/b20-16-. The molecule has 0 aliphatic carbocycles. The van der Waals surface area contributed by atoms with Gasteiger partial charge in [-0.2, -0.15) is 0 Å². The summed E-state index contributed by atoms with van der Waals surface area (Å²) in [6, 6.07) is 17.4. The molecule has 5 heteroatoms. The van der Waals surface area contributed by atoms with Crippen molar-refractivity contribution in [3.63, 3.8) is 0 Å². The van der Waals surface area contributed by atoms with Gasteiger partial charge in [-0.3, -0.25) is 14.5 Å². The van der Waals surface area contributed by atoms with Gasteiger partial charge in [-0.05, 0) is 53.9 Å². The fourth-order valence-electron chi connectivity index (χ4n) is 2.72. The van der Waals surface area contributed by atoms with Gasteiger partial charge in [0.2, 0.25) is 0 Å². The summed E-state index contributed by atoms with van der Waals surface area (Å²) in [5.74, 6) is 0.598. The van der Waals surface area contributed by atoms with E-state index in [1.807, 2.05) is 54.6 Å². The first kappa shape index (κ1) is 19.2. The molecule has 0 bridgehead atoms. The van der Waals surface area contributed by atoms with Crippen LogP contribution in [-0.4, -0.2) is 29.2 Å². The third-order valence-corrected chi connectivity index (χ3v) is 5.19. The minimum absolute atomic E-state index is 0.207. The van der Waals surface area contributed by atoms with Crippen molar-refractivity contribution in [2.45, 2.75) is 26.2 Å². The lowest BCUT2D eigenvalue weighted by Gasteiger charge is -2.12. The predicted molar refractivity (Wildman–Crippen MR) is 110 cm³/mol. The van der Waals surface area contributed by atoms with Gasteiger partial charge < -0.3 is 4.74 Å². The molecule has 0 saturated carbocycles. The fourth-order valence-corrected chi connectivity index (χ4v) is 3.59. The molecule has 2 aromatic rings. The zero-order chi connectivity index (χ0) is 19.1. The van der Waals surface area contributed by atoms with Gasteiger partial charge in [-0.1, -0.05) is 55.8 Å². The summed E-state index contributed by atoms with van der Waals surface area (Å²) >= 11 is 1.00. The number of carbonyl (C=O) groups is 2. The van der Waals surface area contributed by atoms with Crippen LogP contribution in [0.2, 0.25) is 0 Å². The highest BCUT2D eigenvalue weighted by Gasteiger charge is 2.34. The van der Waals surface area contributed by atoms with Crippen LogP contribution in [0.15, 0.2) is 59.5 Å². The van der Waals surface area contributed by atoms with Gasteiger partial charge in [0.1, 0.15) is 5.75 Å². The smallest absolute Gasteiger partial charge is 0.293 e. The maximum Gasteiger partial charge on any atom is 0.293 e. The van der Waals surface area contributed by atoms with Crippen molar-refractivity contribution in [1.29, 1.82) is 0 Å². The average Bonchev–Trinajstić information content (AvgIpc) is 2.95. The monoisotopic (exact) mass is 381 g/mol. The van der Waals surface area contributed by atoms with E-state index in [9.17, 15) is 9.59 Å². The average molecular weight is 381 g/mol. The van der Waals surface area contributed by atoms with Crippen LogP contribution in [0.3, 0.4) is 0 Å². The number of imide groups is 1. The van der Waals surface area contributed by atoms with Gasteiger partial charge in [0, 0.05) is 6.54 Å². The molecule has 0 spiro atoms. The molecule has 0 atom stereocenters. The summed E-state index contributed by atoms with van der Waals surface area (Å²) in [4.78, 5) is 26.6. The van der Waals surface area contributed by atoms with E-state index in [1.54, 1.807) is 6.08 Å². The number of hydrogen-bond donors (Lipinski definition) is 0. The topological polar surface area (TPSA) is 46.6 Å². The maximum absolute atomic E-state index is 12.6. The van der Waals surface area contributed by atoms with Gasteiger partial charge in [0.25, 0.3) is 11.1 Å². The second-order valence-corrected chi connectivity index (χ2v) is 7.33. The molecule has 2 amide bonds. The van der Waals surface area contributed by atoms with Gasteiger partial charge in [-0.25, -0.2) is 0 Å². The largest absolute Gasteiger partial charge is 0.494 e. The fraction of sp³-hybridized carbons (Fsp3) is 0.273. The van der Waals surface area contributed by atoms with E-state index in [0.717, 1.165) is 41.5 Å². The van der Waals surface area contributed by atoms with Crippen LogP contribution in [0, 0.1) is 0 Å². The molecule has 0 unspecified atom stereocenters. The van der Waals surface area contributed by atoms with Gasteiger partial charge in [0.15, 0.2) is 0 Å². The zero-order valence-corrected chi connectivity index (χ0v) is 16.2. The van der Waals surface area contributed by atoms with E-state index in [2.05, 4.69) is 6.92 Å². The van der Waals surface area contributed by atoms with Crippen molar-refractivity contribution >= 4 is 29.0 Å². The lowest BCUT2D eigenvalue weighted by atomic mass is 10.1. The van der Waals surface area contributed by atoms with Crippen LogP contribution >= 0.6 is 11.8 Å². The number of carbonyl (C=O) groups excluding carboxylic acids is 2. The van der Waals surface area contributed by atoms with Crippen LogP contribution in [0.5, 0.6) is 5.75 Å². The number of thioether (sulfide) groups is 1. The summed E-state index contributed by atoms with van der Waals surface area (Å²) in [7, 11) is 0. The summed E-state index contributed by atoms with van der Waals surface area (Å²) in [5, 5.41) is -0.207. The lowest BCUT2D eigenvalue weighted by Crippen LogP contribution is -2.30. The van der Waals surface area contributed by atoms with Crippen LogP contribution in [-0.2, 0) is 11.2 Å². The Morgan fingerprint density at radius 3 is 2.48 bits per heavy atom. The van der Waals surface area contributed by atoms with Crippen LogP contribution < -0.4 is 4.74 Å². The molecule has 4 nitrogen and oxygen atoms in total. The number of unbranched alkanes of at least 4 members (excludes halogenated alkanes) is 1. The summed E-state index contributed by atoms with van der Waals surface area (Å²) in [6.45, 7) is 3.23. The third kappa shape index (κ3) is 5.23. The Bertz CT molecular complexity index is 815. The second-order valence-electron chi connectivity index (χ2n) is 6.34. The van der Waals surface area contributed by atoms with Crippen molar-refractivity contribution in [1.82, 2.24) is 4.90 Å². The van der Waals surface area contributed by atoms with E-state index in [4.69, 9.17) is 4.74 Å². The number of hydrogen-bond acceptors (Lipinski definition) is 4. The van der Waals surface area contributed by atoms with Gasteiger partial charge in [-0.15, -0.1) is 0 Å². The Morgan fingerprint density at radius 1 is 1.04 bits per heavy atom. The maximum atomic E-state index is 12.6. The van der Waals surface area contributed by atoms with E-state index in [1.165, 1.54) is 4.90 Å². The van der Waals surface area contributed by atoms with Crippen LogP contribution in [0.25, 0.3) is 6.08 Å². The van der Waals surface area contributed by atoms with Crippen molar-refractivity contribution in [2.75, 3.05) is 13.2 Å². The molecule has 1 aliphatic rings. The number of ether oxygens (including phenoxy) is 1. The highest BCUT2D eigenvalue weighted by atomic mass is 32.2. The Labute approximate surface area is 164 Å². The quantitative estimate of drug-likeness (QED) is 0.469. The predicted octanol–water partition coefficient (Wildman–Crippen LogP) is 5.14. The summed E-state index contributed by atoms with van der Waals surface area (Å²) < 4.78 is 5.65. The number of benzene rings is 2. The normalized spacial score (nSPS) is 15.6. The van der Waals surface area contributed by atoms with Crippen molar-refractivity contribution in [3.05, 3.63) is 70.6 Å². The molecule has 27 heavy (non-hydrogen) atoms. The molecule has 3 rings (SSSR count). The molecular weight excluding hydrogens is 358 g/mol. The molecule has 1 heterocycles. The third-order valence-electron chi connectivity index (χ3n) is 4.28. The SMILES string of the molecule is CCCCOc1ccc(/C=C2\SC(=O)N(CCc3ccccc3)C2=O)cc1. The molecule has 1 aliphatic heterocycles. The van der Waals surface area contributed by atoms with Gasteiger partial charge >= 0.3 is 0 Å².